The fourth-order valence-electron chi connectivity index (χ4n) is 9.77. The number of aliphatic hydroxyl groups excluding tert-OH is 1. The number of carbonyl (C=O) groups excluding carboxylic acids is 1. The molecule has 4 saturated carbocycles. The average Bonchev–Trinajstić information content (AvgIpc) is 3.20. The van der Waals surface area contributed by atoms with E-state index in [2.05, 4.69) is 27.7 Å². The molecule has 12 unspecified atom stereocenters. The van der Waals surface area contributed by atoms with Crippen LogP contribution < -0.4 is 5.73 Å². The van der Waals surface area contributed by atoms with E-state index in [-0.39, 0.29) is 17.4 Å². The maximum Gasteiger partial charge on any atom is 0.321 e. The minimum Gasteiger partial charge on any atom is -0.480 e. The van der Waals surface area contributed by atoms with Crippen LogP contribution in [0, 0.1) is 58.2 Å². The molecule has 0 bridgehead atoms. The molecule has 0 saturated heterocycles. The molecule has 4 rings (SSSR count). The van der Waals surface area contributed by atoms with Crippen LogP contribution in [0.3, 0.4) is 0 Å². The number of carboxylic acid groups (broad SMARTS) is 1. The first-order valence-electron chi connectivity index (χ1n) is 15.1. The molecular formula is C31H53NO4S. The standard InChI is InChI=1S/C31H53NO4S/c1-18-10-12-30(4)21(14-18)15-27(34)28-23-8-7-22(31(23,5)13-11-24(28)30)19(2)6-9-26(33)20(3)16-37-17-25(32)29(35)36/h18-25,27-28,34H,6-17,32H2,1-5H3,(H,35,36). The summed E-state index contributed by atoms with van der Waals surface area (Å²) in [6, 6.07) is -0.865. The van der Waals surface area contributed by atoms with Gasteiger partial charge in [0.2, 0.25) is 0 Å². The highest BCUT2D eigenvalue weighted by molar-refractivity contribution is 7.99. The second-order valence-electron chi connectivity index (χ2n) is 14.3. The summed E-state index contributed by atoms with van der Waals surface area (Å²) >= 11 is 1.47. The fraction of sp³-hybridized carbons (Fsp3) is 0.935. The Morgan fingerprint density at radius 2 is 1.68 bits per heavy atom. The van der Waals surface area contributed by atoms with E-state index in [0.717, 1.165) is 18.8 Å². The molecule has 37 heavy (non-hydrogen) atoms. The van der Waals surface area contributed by atoms with Crippen LogP contribution >= 0.6 is 11.8 Å². The number of rotatable bonds is 10. The zero-order valence-corrected chi connectivity index (χ0v) is 24.8. The normalized spacial score (nSPS) is 43.7. The van der Waals surface area contributed by atoms with Crippen LogP contribution in [0.2, 0.25) is 0 Å². The number of hydrogen-bond donors (Lipinski definition) is 3. The van der Waals surface area contributed by atoms with Gasteiger partial charge in [-0.1, -0.05) is 41.0 Å². The van der Waals surface area contributed by atoms with E-state index in [1.165, 1.54) is 56.7 Å². The number of aliphatic carboxylic acids is 1. The van der Waals surface area contributed by atoms with E-state index < -0.39 is 12.0 Å². The van der Waals surface area contributed by atoms with E-state index in [1.54, 1.807) is 0 Å². The lowest BCUT2D eigenvalue weighted by Gasteiger charge is -2.62. The molecule has 212 valence electrons. The molecule has 0 aliphatic heterocycles. The van der Waals surface area contributed by atoms with Crippen molar-refractivity contribution in [2.45, 2.75) is 111 Å². The number of carboxylic acids is 1. The number of hydrogen-bond acceptors (Lipinski definition) is 5. The van der Waals surface area contributed by atoms with Crippen molar-refractivity contribution in [3.8, 4) is 0 Å². The monoisotopic (exact) mass is 535 g/mol. The number of carbonyl (C=O) groups is 2. The zero-order chi connectivity index (χ0) is 27.1. The molecule has 0 aromatic rings. The summed E-state index contributed by atoms with van der Waals surface area (Å²) in [6.07, 6.45) is 11.4. The Labute approximate surface area is 229 Å². The Balaban J connectivity index is 1.34. The van der Waals surface area contributed by atoms with Crippen molar-refractivity contribution >= 4 is 23.5 Å². The van der Waals surface area contributed by atoms with Crippen molar-refractivity contribution in [1.82, 2.24) is 0 Å². The van der Waals surface area contributed by atoms with Crippen LogP contribution in [0.5, 0.6) is 0 Å². The van der Waals surface area contributed by atoms with Gasteiger partial charge in [0.1, 0.15) is 11.8 Å². The predicted molar refractivity (Wildman–Crippen MR) is 151 cm³/mol. The van der Waals surface area contributed by atoms with Gasteiger partial charge in [-0.3, -0.25) is 9.59 Å². The number of ketones is 1. The molecule has 0 aromatic carbocycles. The number of fused-ring (bicyclic) bond motifs is 5. The molecule has 4 aliphatic carbocycles. The van der Waals surface area contributed by atoms with E-state index in [9.17, 15) is 14.7 Å². The quantitative estimate of drug-likeness (QED) is 0.316. The van der Waals surface area contributed by atoms with Crippen LogP contribution in [0.25, 0.3) is 0 Å². The highest BCUT2D eigenvalue weighted by atomic mass is 32.2. The summed E-state index contributed by atoms with van der Waals surface area (Å²) in [5.41, 5.74) is 6.28. The predicted octanol–water partition coefficient (Wildman–Crippen LogP) is 6.02. The molecule has 0 aromatic heterocycles. The summed E-state index contributed by atoms with van der Waals surface area (Å²) in [5.74, 6) is 4.62. The van der Waals surface area contributed by atoms with E-state index in [1.807, 2.05) is 6.92 Å². The first-order chi connectivity index (χ1) is 17.4. The highest BCUT2D eigenvalue weighted by Crippen LogP contribution is 2.68. The molecule has 0 amide bonds. The SMILES string of the molecule is CC1CCC2(C)C(C1)CC(O)C1C2CCC2(C)C(C(C)CCC(=O)C(C)CSCC(N)C(=O)O)CCC12. The van der Waals surface area contributed by atoms with Crippen molar-refractivity contribution in [2.75, 3.05) is 11.5 Å². The van der Waals surface area contributed by atoms with Crippen LogP contribution in [0.15, 0.2) is 0 Å². The van der Waals surface area contributed by atoms with Gasteiger partial charge in [-0.15, -0.1) is 0 Å². The molecule has 4 N–H and O–H groups in total. The van der Waals surface area contributed by atoms with Gasteiger partial charge in [0, 0.05) is 23.8 Å². The summed E-state index contributed by atoms with van der Waals surface area (Å²) in [7, 11) is 0. The van der Waals surface area contributed by atoms with Crippen molar-refractivity contribution < 1.29 is 19.8 Å². The van der Waals surface area contributed by atoms with Gasteiger partial charge in [0.05, 0.1) is 6.10 Å². The molecule has 4 aliphatic rings. The van der Waals surface area contributed by atoms with Crippen LogP contribution in [0.1, 0.15) is 98.8 Å². The third-order valence-electron chi connectivity index (χ3n) is 12.1. The van der Waals surface area contributed by atoms with Crippen LogP contribution in [-0.2, 0) is 9.59 Å². The molecule has 6 heteroatoms. The number of Topliss-reactive ketones (excluding diaryl/α,β-unsaturated/α-hetero) is 1. The Bertz CT molecular complexity index is 836. The number of thioether (sulfide) groups is 1. The van der Waals surface area contributed by atoms with Crippen molar-refractivity contribution in [3.05, 3.63) is 0 Å². The van der Waals surface area contributed by atoms with Crippen molar-refractivity contribution in [3.63, 3.8) is 0 Å². The smallest absolute Gasteiger partial charge is 0.321 e. The second kappa shape index (κ2) is 11.5. The molecule has 12 atom stereocenters. The Hall–Kier alpha value is -0.590. The Morgan fingerprint density at radius 3 is 2.38 bits per heavy atom. The Morgan fingerprint density at radius 1 is 1.00 bits per heavy atom. The average molecular weight is 536 g/mol. The second-order valence-corrected chi connectivity index (χ2v) is 15.3. The van der Waals surface area contributed by atoms with Crippen LogP contribution in [-0.4, -0.2) is 45.6 Å². The molecule has 0 heterocycles. The first kappa shape index (κ1) is 29.4. The zero-order valence-electron chi connectivity index (χ0n) is 24.0. The third kappa shape index (κ3) is 5.68. The first-order valence-corrected chi connectivity index (χ1v) is 16.3. The van der Waals surface area contributed by atoms with Crippen molar-refractivity contribution in [1.29, 1.82) is 0 Å². The lowest BCUT2D eigenvalue weighted by Crippen LogP contribution is -2.58. The molecule has 0 spiro atoms. The molecule has 0 radical (unpaired) electrons. The third-order valence-corrected chi connectivity index (χ3v) is 13.4. The minimum absolute atomic E-state index is 0.0650. The molecule has 5 nitrogen and oxygen atoms in total. The summed E-state index contributed by atoms with van der Waals surface area (Å²) in [5, 5.41) is 20.5. The maximum absolute atomic E-state index is 12.9. The van der Waals surface area contributed by atoms with Crippen molar-refractivity contribution in [2.24, 2.45) is 63.9 Å². The summed E-state index contributed by atoms with van der Waals surface area (Å²) in [4.78, 5) is 23.8. The van der Waals surface area contributed by atoms with Gasteiger partial charge in [0.25, 0.3) is 0 Å². The lowest BCUT2D eigenvalue weighted by molar-refractivity contribution is -0.168. The van der Waals surface area contributed by atoms with E-state index in [4.69, 9.17) is 10.8 Å². The van der Waals surface area contributed by atoms with E-state index in [0.29, 0.717) is 64.6 Å². The van der Waals surface area contributed by atoms with Gasteiger partial charge in [-0.25, -0.2) is 0 Å². The van der Waals surface area contributed by atoms with Crippen LogP contribution in [0.4, 0.5) is 0 Å². The van der Waals surface area contributed by atoms with Gasteiger partial charge >= 0.3 is 5.97 Å². The maximum atomic E-state index is 12.9. The Kier molecular flexibility index (Phi) is 9.13. The van der Waals surface area contributed by atoms with Gasteiger partial charge in [-0.2, -0.15) is 11.8 Å². The fourth-order valence-corrected chi connectivity index (χ4v) is 10.8. The molecule has 4 fully saturated rings. The largest absolute Gasteiger partial charge is 0.480 e. The number of aliphatic hydroxyl groups is 1. The van der Waals surface area contributed by atoms with Gasteiger partial charge in [0.15, 0.2) is 0 Å². The highest BCUT2D eigenvalue weighted by Gasteiger charge is 2.62. The van der Waals surface area contributed by atoms with E-state index >= 15 is 0 Å². The lowest BCUT2D eigenvalue weighted by atomic mass is 9.43. The summed E-state index contributed by atoms with van der Waals surface area (Å²) in [6.45, 7) is 11.8. The summed E-state index contributed by atoms with van der Waals surface area (Å²) < 4.78 is 0. The van der Waals surface area contributed by atoms with Gasteiger partial charge in [-0.05, 0) is 104 Å². The minimum atomic E-state index is -0.985. The topological polar surface area (TPSA) is 101 Å². The van der Waals surface area contributed by atoms with Gasteiger partial charge < -0.3 is 15.9 Å². The number of nitrogens with two attached hydrogens (primary N) is 1. The molecular weight excluding hydrogens is 482 g/mol.